The van der Waals surface area contributed by atoms with E-state index in [1.165, 1.54) is 6.08 Å². The number of halogens is 2. The first-order chi connectivity index (χ1) is 16.4. The molecule has 4 rings (SSSR count). The second kappa shape index (κ2) is 10.4. The molecule has 8 heteroatoms. The summed E-state index contributed by atoms with van der Waals surface area (Å²) in [4.78, 5) is 38.9. The van der Waals surface area contributed by atoms with Gasteiger partial charge in [-0.1, -0.05) is 59.3 Å². The van der Waals surface area contributed by atoms with E-state index in [9.17, 15) is 14.4 Å². The number of nitrogens with one attached hydrogen (secondary N) is 1. The quantitative estimate of drug-likeness (QED) is 0.284. The second-order valence-electron chi connectivity index (χ2n) is 7.55. The van der Waals surface area contributed by atoms with Crippen LogP contribution in [0.4, 0.5) is 10.5 Å². The third-order valence-corrected chi connectivity index (χ3v) is 6.71. The summed E-state index contributed by atoms with van der Waals surface area (Å²) in [7, 11) is 0. The van der Waals surface area contributed by atoms with Crippen LogP contribution in [0, 0.1) is 0 Å². The normalized spacial score (nSPS) is 15.0. The predicted molar refractivity (Wildman–Crippen MR) is 137 cm³/mol. The number of nitrogens with zero attached hydrogens (tertiary/aromatic N) is 1. The molecule has 0 atom stereocenters. The fourth-order valence-electron chi connectivity index (χ4n) is 3.43. The Morgan fingerprint density at radius 2 is 1.68 bits per heavy atom. The Morgan fingerprint density at radius 3 is 2.35 bits per heavy atom. The van der Waals surface area contributed by atoms with Crippen LogP contribution in [-0.4, -0.2) is 17.8 Å². The molecule has 34 heavy (non-hydrogen) atoms. The minimum absolute atomic E-state index is 0.132. The monoisotopic (exact) mass is 582 g/mol. The van der Waals surface area contributed by atoms with Crippen molar-refractivity contribution < 1.29 is 19.1 Å². The summed E-state index contributed by atoms with van der Waals surface area (Å²) in [6.45, 7) is 2.39. The predicted octanol–water partition coefficient (Wildman–Crippen LogP) is 6.02. The first-order valence-corrected chi connectivity index (χ1v) is 12.1. The molecular formula is C26H20Br2N2O4. The summed E-state index contributed by atoms with van der Waals surface area (Å²) in [5.41, 5.74) is 2.95. The Balaban J connectivity index is 1.56. The number of ether oxygens (including phenoxy) is 1. The van der Waals surface area contributed by atoms with Crippen molar-refractivity contribution in [3.63, 3.8) is 0 Å². The minimum atomic E-state index is -0.770. The van der Waals surface area contributed by atoms with Gasteiger partial charge in [-0.25, -0.2) is 9.69 Å². The van der Waals surface area contributed by atoms with Crippen LogP contribution in [0.25, 0.3) is 6.08 Å². The number of imide groups is 2. The molecule has 6 nitrogen and oxygen atoms in total. The molecule has 0 spiro atoms. The van der Waals surface area contributed by atoms with Crippen molar-refractivity contribution in [1.82, 2.24) is 5.32 Å². The Morgan fingerprint density at radius 1 is 0.941 bits per heavy atom. The molecule has 4 amide bonds. The zero-order chi connectivity index (χ0) is 24.2. The molecule has 0 aromatic heterocycles. The van der Waals surface area contributed by atoms with E-state index in [0.29, 0.717) is 28.1 Å². The van der Waals surface area contributed by atoms with E-state index >= 15 is 0 Å². The topological polar surface area (TPSA) is 75.7 Å². The van der Waals surface area contributed by atoms with E-state index in [-0.39, 0.29) is 5.57 Å². The summed E-state index contributed by atoms with van der Waals surface area (Å²) >= 11 is 6.99. The molecule has 0 radical (unpaired) electrons. The van der Waals surface area contributed by atoms with E-state index in [1.807, 2.05) is 43.3 Å². The minimum Gasteiger partial charge on any atom is -0.488 e. The fourth-order valence-corrected chi connectivity index (χ4v) is 4.34. The van der Waals surface area contributed by atoms with E-state index in [4.69, 9.17) is 4.74 Å². The summed E-state index contributed by atoms with van der Waals surface area (Å²) < 4.78 is 7.53. The second-order valence-corrected chi connectivity index (χ2v) is 9.26. The number of barbiturate groups is 1. The molecule has 1 aliphatic rings. The number of anilines is 1. The van der Waals surface area contributed by atoms with Crippen molar-refractivity contribution in [2.24, 2.45) is 0 Å². The van der Waals surface area contributed by atoms with E-state index in [1.54, 1.807) is 30.3 Å². The van der Waals surface area contributed by atoms with Gasteiger partial charge in [0, 0.05) is 10.0 Å². The van der Waals surface area contributed by atoms with Crippen molar-refractivity contribution in [3.05, 3.63) is 97.9 Å². The van der Waals surface area contributed by atoms with Crippen LogP contribution in [0.1, 0.15) is 23.6 Å². The number of aryl methyl sites for hydroxylation is 1. The smallest absolute Gasteiger partial charge is 0.335 e. The van der Waals surface area contributed by atoms with Crippen LogP contribution in [0.15, 0.2) is 81.2 Å². The highest BCUT2D eigenvalue weighted by Gasteiger charge is 2.36. The summed E-state index contributed by atoms with van der Waals surface area (Å²) in [5.74, 6) is -0.796. The van der Waals surface area contributed by atoms with Gasteiger partial charge in [0.25, 0.3) is 11.8 Å². The number of rotatable bonds is 6. The van der Waals surface area contributed by atoms with Crippen LogP contribution in [0.5, 0.6) is 5.75 Å². The number of amides is 4. The summed E-state index contributed by atoms with van der Waals surface area (Å²) in [5, 5.41) is 2.25. The van der Waals surface area contributed by atoms with Crippen molar-refractivity contribution in [1.29, 1.82) is 0 Å². The SMILES string of the molecule is CCc1ccc(N2C(=O)NC(=O)/C(=C\c3ccc(OCc4ccccc4Br)c(Br)c3)C2=O)cc1. The van der Waals surface area contributed by atoms with Gasteiger partial charge in [0.1, 0.15) is 17.9 Å². The standard InChI is InChI=1S/C26H20Br2N2O4/c1-2-16-7-10-19(11-8-16)30-25(32)20(24(31)29-26(30)33)13-17-9-12-23(22(28)14-17)34-15-18-5-3-4-6-21(18)27/h3-14H,2,15H2,1H3,(H,29,31,33)/b20-13+. The average molecular weight is 584 g/mol. The maximum absolute atomic E-state index is 13.1. The van der Waals surface area contributed by atoms with Gasteiger partial charge in [-0.3, -0.25) is 14.9 Å². The van der Waals surface area contributed by atoms with Crippen LogP contribution in [0.2, 0.25) is 0 Å². The maximum Gasteiger partial charge on any atom is 0.335 e. The average Bonchev–Trinajstić information content (AvgIpc) is 2.82. The Bertz CT molecular complexity index is 1300. The molecule has 0 aliphatic carbocycles. The van der Waals surface area contributed by atoms with Crippen LogP contribution >= 0.6 is 31.9 Å². The number of carbonyl (C=O) groups excluding carboxylic acids is 3. The molecule has 3 aromatic rings. The fraction of sp³-hybridized carbons (Fsp3) is 0.115. The molecule has 0 saturated carbocycles. The van der Waals surface area contributed by atoms with Gasteiger partial charge >= 0.3 is 6.03 Å². The number of hydrogen-bond acceptors (Lipinski definition) is 4. The molecule has 1 aliphatic heterocycles. The highest BCUT2D eigenvalue weighted by atomic mass is 79.9. The van der Waals surface area contributed by atoms with Gasteiger partial charge in [-0.2, -0.15) is 0 Å². The first-order valence-electron chi connectivity index (χ1n) is 10.5. The molecule has 0 bridgehead atoms. The largest absolute Gasteiger partial charge is 0.488 e. The number of urea groups is 1. The van der Waals surface area contributed by atoms with Gasteiger partial charge < -0.3 is 4.74 Å². The molecular weight excluding hydrogens is 564 g/mol. The third kappa shape index (κ3) is 5.13. The van der Waals surface area contributed by atoms with Crippen molar-refractivity contribution in [2.45, 2.75) is 20.0 Å². The van der Waals surface area contributed by atoms with Crippen LogP contribution < -0.4 is 15.0 Å². The van der Waals surface area contributed by atoms with Gasteiger partial charge in [0.05, 0.1) is 10.2 Å². The summed E-state index contributed by atoms with van der Waals surface area (Å²) in [6, 6.07) is 19.3. The zero-order valence-corrected chi connectivity index (χ0v) is 21.4. The Hall–Kier alpha value is -3.23. The molecule has 0 unspecified atom stereocenters. The Kier molecular flexibility index (Phi) is 7.29. The van der Waals surface area contributed by atoms with Gasteiger partial charge in [-0.05, 0) is 69.9 Å². The molecule has 1 fully saturated rings. The number of carbonyl (C=O) groups is 3. The molecule has 1 heterocycles. The summed E-state index contributed by atoms with van der Waals surface area (Å²) in [6.07, 6.45) is 2.29. The highest BCUT2D eigenvalue weighted by Crippen LogP contribution is 2.29. The molecule has 1 saturated heterocycles. The van der Waals surface area contributed by atoms with Crippen molar-refractivity contribution >= 4 is 61.5 Å². The van der Waals surface area contributed by atoms with E-state index in [2.05, 4.69) is 37.2 Å². The lowest BCUT2D eigenvalue weighted by Crippen LogP contribution is -2.54. The maximum atomic E-state index is 13.1. The lowest BCUT2D eigenvalue weighted by atomic mass is 10.1. The van der Waals surface area contributed by atoms with Crippen molar-refractivity contribution in [3.8, 4) is 5.75 Å². The van der Waals surface area contributed by atoms with E-state index in [0.717, 1.165) is 26.9 Å². The number of hydrogen-bond donors (Lipinski definition) is 1. The lowest BCUT2D eigenvalue weighted by Gasteiger charge is -2.26. The molecule has 1 N–H and O–H groups in total. The highest BCUT2D eigenvalue weighted by molar-refractivity contribution is 9.10. The van der Waals surface area contributed by atoms with Crippen LogP contribution in [0.3, 0.4) is 0 Å². The zero-order valence-electron chi connectivity index (χ0n) is 18.2. The molecule has 172 valence electrons. The lowest BCUT2D eigenvalue weighted by molar-refractivity contribution is -0.122. The Labute approximate surface area is 213 Å². The third-order valence-electron chi connectivity index (χ3n) is 5.31. The van der Waals surface area contributed by atoms with Gasteiger partial charge in [0.15, 0.2) is 0 Å². The van der Waals surface area contributed by atoms with Gasteiger partial charge in [-0.15, -0.1) is 0 Å². The number of benzene rings is 3. The first kappa shape index (κ1) is 23.9. The molecule has 3 aromatic carbocycles. The van der Waals surface area contributed by atoms with Crippen LogP contribution in [-0.2, 0) is 22.6 Å². The van der Waals surface area contributed by atoms with Gasteiger partial charge in [0.2, 0.25) is 0 Å². The van der Waals surface area contributed by atoms with E-state index < -0.39 is 17.8 Å². The van der Waals surface area contributed by atoms with Crippen molar-refractivity contribution in [2.75, 3.05) is 4.90 Å².